The second-order valence-electron chi connectivity index (χ2n) is 8.31. The maximum atomic E-state index is 11.2. The first kappa shape index (κ1) is 20.9. The summed E-state index contributed by atoms with van der Waals surface area (Å²) in [6.07, 6.45) is 7.11. The van der Waals surface area contributed by atoms with Crippen molar-refractivity contribution in [2.45, 2.75) is 58.8 Å². The van der Waals surface area contributed by atoms with Gasteiger partial charge in [0.2, 0.25) is 0 Å². The number of hydrogen-bond acceptors (Lipinski definition) is 4. The molecule has 1 aliphatic rings. The van der Waals surface area contributed by atoms with Crippen molar-refractivity contribution < 1.29 is 14.6 Å². The van der Waals surface area contributed by atoms with Crippen LogP contribution in [0.25, 0.3) is 21.3 Å². The van der Waals surface area contributed by atoms with Crippen LogP contribution < -0.4 is 4.74 Å². The number of carboxylic acids is 1. The second kappa shape index (κ2) is 8.76. The maximum Gasteiger partial charge on any atom is 0.306 e. The van der Waals surface area contributed by atoms with Gasteiger partial charge in [0.1, 0.15) is 10.6 Å². The lowest BCUT2D eigenvalue weighted by molar-refractivity contribution is -0.141. The molecule has 0 radical (unpaired) electrons. The smallest absolute Gasteiger partial charge is 0.306 e. The molecule has 0 spiro atoms. The minimum absolute atomic E-state index is 0.323. The number of carboxylic acid groups (broad SMARTS) is 1. The van der Waals surface area contributed by atoms with Crippen molar-refractivity contribution in [2.24, 2.45) is 5.92 Å². The third-order valence-electron chi connectivity index (χ3n) is 6.25. The highest BCUT2D eigenvalue weighted by Gasteiger charge is 2.24. The summed E-state index contributed by atoms with van der Waals surface area (Å²) >= 11 is 1.85. The summed E-state index contributed by atoms with van der Waals surface area (Å²) in [5.74, 6) is -0.193. The number of aromatic nitrogens is 1. The summed E-state index contributed by atoms with van der Waals surface area (Å²) in [5, 5.41) is 10.6. The van der Waals surface area contributed by atoms with Crippen molar-refractivity contribution in [1.82, 2.24) is 4.98 Å². The van der Waals surface area contributed by atoms with E-state index in [1.54, 1.807) is 14.0 Å². The SMILES string of the molecule is COc1cccc(-c2c(CCCC(C)C(=O)O)c(C)nc3sc4c(c23)CCCC4)c1. The van der Waals surface area contributed by atoms with Gasteiger partial charge in [-0.1, -0.05) is 19.1 Å². The van der Waals surface area contributed by atoms with Gasteiger partial charge in [-0.3, -0.25) is 4.79 Å². The number of aryl methyl sites for hydroxylation is 3. The molecule has 0 saturated heterocycles. The zero-order valence-corrected chi connectivity index (χ0v) is 18.8. The quantitative estimate of drug-likeness (QED) is 0.491. The molecule has 1 unspecified atom stereocenters. The molecule has 4 rings (SSSR count). The molecule has 0 amide bonds. The number of hydrogen-bond donors (Lipinski definition) is 1. The minimum Gasteiger partial charge on any atom is -0.497 e. The molecule has 4 nitrogen and oxygen atoms in total. The molecule has 1 N–H and O–H groups in total. The van der Waals surface area contributed by atoms with Crippen molar-refractivity contribution in [3.8, 4) is 16.9 Å². The summed E-state index contributed by atoms with van der Waals surface area (Å²) in [6, 6.07) is 8.30. The molecule has 5 heteroatoms. The Kier molecular flexibility index (Phi) is 6.09. The number of nitrogens with zero attached hydrogens (tertiary/aromatic N) is 1. The zero-order chi connectivity index (χ0) is 21.3. The fourth-order valence-electron chi connectivity index (χ4n) is 4.55. The molecular formula is C25H29NO3S. The predicted molar refractivity (Wildman–Crippen MR) is 123 cm³/mol. The number of rotatable bonds is 7. The Labute approximate surface area is 181 Å². The summed E-state index contributed by atoms with van der Waals surface area (Å²) < 4.78 is 5.51. The van der Waals surface area contributed by atoms with E-state index in [4.69, 9.17) is 9.72 Å². The van der Waals surface area contributed by atoms with E-state index in [0.717, 1.165) is 47.5 Å². The lowest BCUT2D eigenvalue weighted by Crippen LogP contribution is -2.10. The van der Waals surface area contributed by atoms with Gasteiger partial charge in [-0.25, -0.2) is 4.98 Å². The van der Waals surface area contributed by atoms with Gasteiger partial charge in [-0.05, 0) is 86.3 Å². The molecule has 1 aromatic carbocycles. The largest absolute Gasteiger partial charge is 0.497 e. The monoisotopic (exact) mass is 423 g/mol. The van der Waals surface area contributed by atoms with Gasteiger partial charge < -0.3 is 9.84 Å². The highest BCUT2D eigenvalue weighted by Crippen LogP contribution is 2.44. The molecule has 0 fully saturated rings. The van der Waals surface area contributed by atoms with E-state index in [9.17, 15) is 9.90 Å². The molecule has 2 heterocycles. The number of thiophene rings is 1. The first-order chi connectivity index (χ1) is 14.5. The van der Waals surface area contributed by atoms with Crippen LogP contribution in [0.5, 0.6) is 5.75 Å². The Balaban J connectivity index is 1.86. The van der Waals surface area contributed by atoms with Gasteiger partial charge in [-0.2, -0.15) is 0 Å². The van der Waals surface area contributed by atoms with Crippen molar-refractivity contribution in [2.75, 3.05) is 7.11 Å². The summed E-state index contributed by atoms with van der Waals surface area (Å²) in [7, 11) is 1.70. The van der Waals surface area contributed by atoms with E-state index in [2.05, 4.69) is 19.1 Å². The molecule has 30 heavy (non-hydrogen) atoms. The van der Waals surface area contributed by atoms with Crippen LogP contribution in [0.3, 0.4) is 0 Å². The first-order valence-corrected chi connectivity index (χ1v) is 11.6. The Morgan fingerprint density at radius 3 is 2.87 bits per heavy atom. The van der Waals surface area contributed by atoms with Crippen LogP contribution in [0.1, 0.15) is 54.3 Å². The zero-order valence-electron chi connectivity index (χ0n) is 18.0. The molecule has 2 aromatic heterocycles. The van der Waals surface area contributed by atoms with Gasteiger partial charge >= 0.3 is 5.97 Å². The van der Waals surface area contributed by atoms with Crippen LogP contribution in [-0.2, 0) is 24.1 Å². The lowest BCUT2D eigenvalue weighted by atomic mass is 9.88. The van der Waals surface area contributed by atoms with Crippen LogP contribution in [0.15, 0.2) is 24.3 Å². The van der Waals surface area contributed by atoms with E-state index in [1.165, 1.54) is 39.8 Å². The Morgan fingerprint density at radius 1 is 1.30 bits per heavy atom. The number of fused-ring (bicyclic) bond motifs is 3. The molecule has 3 aromatic rings. The predicted octanol–water partition coefficient (Wildman–Crippen LogP) is 6.20. The molecule has 1 aliphatic carbocycles. The summed E-state index contributed by atoms with van der Waals surface area (Å²) in [5.41, 5.74) is 6.23. The average Bonchev–Trinajstić information content (AvgIpc) is 3.11. The second-order valence-corrected chi connectivity index (χ2v) is 9.39. The van der Waals surface area contributed by atoms with Crippen LogP contribution in [0.4, 0.5) is 0 Å². The van der Waals surface area contributed by atoms with Gasteiger partial charge in [0, 0.05) is 16.0 Å². The molecule has 1 atom stereocenters. The highest BCUT2D eigenvalue weighted by molar-refractivity contribution is 7.19. The number of carbonyl (C=O) groups is 1. The molecule has 0 saturated carbocycles. The van der Waals surface area contributed by atoms with E-state index in [-0.39, 0.29) is 5.92 Å². The number of methoxy groups -OCH3 is 1. The van der Waals surface area contributed by atoms with Crippen LogP contribution in [0, 0.1) is 12.8 Å². The van der Waals surface area contributed by atoms with Gasteiger partial charge in [-0.15, -0.1) is 11.3 Å². The fraction of sp³-hybridized carbons (Fsp3) is 0.440. The van der Waals surface area contributed by atoms with Crippen LogP contribution in [0.2, 0.25) is 0 Å². The highest BCUT2D eigenvalue weighted by atomic mass is 32.1. The third kappa shape index (κ3) is 3.95. The van der Waals surface area contributed by atoms with Crippen molar-refractivity contribution in [1.29, 1.82) is 0 Å². The van der Waals surface area contributed by atoms with Crippen LogP contribution >= 0.6 is 11.3 Å². The first-order valence-electron chi connectivity index (χ1n) is 10.8. The number of ether oxygens (including phenoxy) is 1. The summed E-state index contributed by atoms with van der Waals surface area (Å²) in [6.45, 7) is 3.88. The normalized spacial score (nSPS) is 14.5. The van der Waals surface area contributed by atoms with Crippen molar-refractivity contribution in [3.05, 3.63) is 46.0 Å². The third-order valence-corrected chi connectivity index (χ3v) is 7.44. The fourth-order valence-corrected chi connectivity index (χ4v) is 5.87. The number of benzene rings is 1. The lowest BCUT2D eigenvalue weighted by Gasteiger charge is -2.18. The van der Waals surface area contributed by atoms with Crippen LogP contribution in [-0.4, -0.2) is 23.2 Å². The van der Waals surface area contributed by atoms with Gasteiger partial charge in [0.15, 0.2) is 0 Å². The molecular weight excluding hydrogens is 394 g/mol. The standard InChI is InChI=1S/C25H29NO3S/c1-15(25(27)28)8-6-12-19-16(2)26-24-23(20-11-4-5-13-21(20)30-24)22(19)17-9-7-10-18(14-17)29-3/h7,9-10,14-15H,4-6,8,11-13H2,1-3H3,(H,27,28). The number of aliphatic carboxylic acids is 1. The van der Waals surface area contributed by atoms with E-state index in [1.807, 2.05) is 23.5 Å². The Bertz CT molecular complexity index is 1090. The molecule has 158 valence electrons. The van der Waals surface area contributed by atoms with Crippen molar-refractivity contribution >= 4 is 27.5 Å². The molecule has 0 aliphatic heterocycles. The minimum atomic E-state index is -0.722. The van der Waals surface area contributed by atoms with Crippen molar-refractivity contribution in [3.63, 3.8) is 0 Å². The number of pyridine rings is 1. The summed E-state index contributed by atoms with van der Waals surface area (Å²) in [4.78, 5) is 18.9. The van der Waals surface area contributed by atoms with E-state index in [0.29, 0.717) is 6.42 Å². The average molecular weight is 424 g/mol. The molecule has 0 bridgehead atoms. The van der Waals surface area contributed by atoms with Gasteiger partial charge in [0.25, 0.3) is 0 Å². The van der Waals surface area contributed by atoms with E-state index >= 15 is 0 Å². The topological polar surface area (TPSA) is 59.4 Å². The Morgan fingerprint density at radius 2 is 2.10 bits per heavy atom. The maximum absolute atomic E-state index is 11.2. The Hall–Kier alpha value is -2.40. The van der Waals surface area contributed by atoms with E-state index < -0.39 is 5.97 Å². The van der Waals surface area contributed by atoms with Gasteiger partial charge in [0.05, 0.1) is 13.0 Å².